The monoisotopic (exact) mass is 475 g/mol. The second-order valence-corrected chi connectivity index (χ2v) is 9.28. The third-order valence-electron chi connectivity index (χ3n) is 6.44. The average molecular weight is 476 g/mol. The van der Waals surface area contributed by atoms with Gasteiger partial charge in [-0.1, -0.05) is 38.1 Å². The molecule has 1 fully saturated rings. The van der Waals surface area contributed by atoms with Gasteiger partial charge >= 0.3 is 0 Å². The van der Waals surface area contributed by atoms with Gasteiger partial charge in [-0.25, -0.2) is 9.37 Å². The lowest BCUT2D eigenvalue weighted by Gasteiger charge is -2.35. The molecule has 1 saturated heterocycles. The van der Waals surface area contributed by atoms with E-state index in [1.54, 1.807) is 6.07 Å². The van der Waals surface area contributed by atoms with Crippen molar-refractivity contribution >= 4 is 17.4 Å². The molecular weight excluding hydrogens is 445 g/mol. The van der Waals surface area contributed by atoms with Crippen LogP contribution in [0.3, 0.4) is 0 Å². The Labute approximate surface area is 203 Å². The standard InChI is InChI=1S/C26H30FN7O/c1-18(2)20-5-3-19(4-6-20)16-28-25-30-26-29-22(15-24(35)34(26)31-25)17-32-11-13-33(14-12-32)23-9-7-21(27)8-10-23/h3-10,15,18H,11-14,16-17H2,1-2H3,(H2,28,29,30,31). The van der Waals surface area contributed by atoms with Crippen molar-refractivity contribution in [1.82, 2.24) is 24.5 Å². The van der Waals surface area contributed by atoms with E-state index in [-0.39, 0.29) is 11.4 Å². The van der Waals surface area contributed by atoms with Crippen molar-refractivity contribution in [2.45, 2.75) is 32.9 Å². The van der Waals surface area contributed by atoms with E-state index in [9.17, 15) is 9.18 Å². The van der Waals surface area contributed by atoms with Crippen molar-refractivity contribution in [3.05, 3.63) is 87.6 Å². The average Bonchev–Trinajstić information content (AvgIpc) is 3.28. The van der Waals surface area contributed by atoms with E-state index in [0.717, 1.165) is 37.4 Å². The van der Waals surface area contributed by atoms with Gasteiger partial charge in [-0.15, -0.1) is 0 Å². The molecule has 0 amide bonds. The predicted molar refractivity (Wildman–Crippen MR) is 135 cm³/mol. The molecule has 182 valence electrons. The third kappa shape index (κ3) is 5.35. The van der Waals surface area contributed by atoms with Crippen LogP contribution in [0.1, 0.15) is 36.6 Å². The first-order chi connectivity index (χ1) is 16.9. The summed E-state index contributed by atoms with van der Waals surface area (Å²) < 4.78 is 14.6. The van der Waals surface area contributed by atoms with Gasteiger partial charge in [0.2, 0.25) is 5.95 Å². The largest absolute Gasteiger partial charge is 0.369 e. The summed E-state index contributed by atoms with van der Waals surface area (Å²) in [5.74, 6) is 1.14. The number of aromatic amines is 1. The van der Waals surface area contributed by atoms with Crippen LogP contribution in [0, 0.1) is 5.82 Å². The molecule has 2 aromatic carbocycles. The van der Waals surface area contributed by atoms with E-state index in [4.69, 9.17) is 0 Å². The fourth-order valence-corrected chi connectivity index (χ4v) is 4.34. The van der Waals surface area contributed by atoms with Gasteiger partial charge in [-0.3, -0.25) is 14.8 Å². The lowest BCUT2D eigenvalue weighted by molar-refractivity contribution is 0.247. The highest BCUT2D eigenvalue weighted by molar-refractivity contribution is 5.46. The molecule has 2 N–H and O–H groups in total. The molecule has 0 saturated carbocycles. The normalized spacial score (nSPS) is 14.7. The number of nitrogens with zero attached hydrogens (tertiary/aromatic N) is 5. The molecular formula is C26H30FN7O. The fourth-order valence-electron chi connectivity index (χ4n) is 4.34. The molecule has 5 rings (SSSR count). The summed E-state index contributed by atoms with van der Waals surface area (Å²) in [6, 6.07) is 16.6. The first kappa shape index (κ1) is 23.0. The molecule has 0 unspecified atom stereocenters. The van der Waals surface area contributed by atoms with Crippen molar-refractivity contribution in [2.24, 2.45) is 0 Å². The van der Waals surface area contributed by atoms with Gasteiger partial charge in [0.15, 0.2) is 0 Å². The molecule has 3 heterocycles. The van der Waals surface area contributed by atoms with Crippen molar-refractivity contribution < 1.29 is 4.39 Å². The Balaban J connectivity index is 1.21. The Bertz CT molecular complexity index is 1340. The number of fused-ring (bicyclic) bond motifs is 1. The summed E-state index contributed by atoms with van der Waals surface area (Å²) in [4.78, 5) is 26.3. The van der Waals surface area contributed by atoms with Crippen LogP contribution in [0.4, 0.5) is 16.0 Å². The Morgan fingerprint density at radius 2 is 1.71 bits per heavy atom. The molecule has 4 aromatic rings. The molecule has 1 aliphatic heterocycles. The highest BCUT2D eigenvalue weighted by Gasteiger charge is 2.19. The summed E-state index contributed by atoms with van der Waals surface area (Å²) in [5, 5.41) is 6.24. The second-order valence-electron chi connectivity index (χ2n) is 9.28. The number of H-pyrrole nitrogens is 1. The highest BCUT2D eigenvalue weighted by Crippen LogP contribution is 2.18. The molecule has 0 aliphatic carbocycles. The van der Waals surface area contributed by atoms with Gasteiger partial charge in [-0.2, -0.15) is 9.50 Å². The minimum Gasteiger partial charge on any atom is -0.369 e. The number of hydrogen-bond donors (Lipinski definition) is 2. The van der Waals surface area contributed by atoms with Crippen LogP contribution in [-0.4, -0.2) is 50.7 Å². The summed E-state index contributed by atoms with van der Waals surface area (Å²) in [5.41, 5.74) is 3.98. The fraction of sp³-hybridized carbons (Fsp3) is 0.346. The first-order valence-electron chi connectivity index (χ1n) is 12.0. The summed E-state index contributed by atoms with van der Waals surface area (Å²) in [6.07, 6.45) is 0. The van der Waals surface area contributed by atoms with E-state index in [1.807, 2.05) is 12.1 Å². The van der Waals surface area contributed by atoms with Crippen molar-refractivity contribution in [3.8, 4) is 0 Å². The number of halogens is 1. The first-order valence-corrected chi connectivity index (χ1v) is 12.0. The van der Waals surface area contributed by atoms with Crippen LogP contribution >= 0.6 is 0 Å². The second kappa shape index (κ2) is 9.87. The smallest absolute Gasteiger partial charge is 0.274 e. The van der Waals surface area contributed by atoms with E-state index >= 15 is 0 Å². The number of piperazine rings is 1. The number of nitrogens with one attached hydrogen (secondary N) is 2. The lowest BCUT2D eigenvalue weighted by Crippen LogP contribution is -2.46. The lowest BCUT2D eigenvalue weighted by atomic mass is 10.0. The Kier molecular flexibility index (Phi) is 6.50. The molecule has 35 heavy (non-hydrogen) atoms. The zero-order valence-electron chi connectivity index (χ0n) is 20.0. The predicted octanol–water partition coefficient (Wildman–Crippen LogP) is 3.61. The molecule has 8 nitrogen and oxygen atoms in total. The van der Waals surface area contributed by atoms with Crippen LogP contribution in [0.15, 0.2) is 59.4 Å². The van der Waals surface area contributed by atoms with Gasteiger partial charge in [0.1, 0.15) is 5.82 Å². The minimum atomic E-state index is -0.225. The molecule has 1 aliphatic rings. The van der Waals surface area contributed by atoms with Crippen LogP contribution in [0.2, 0.25) is 0 Å². The molecule has 0 radical (unpaired) electrons. The highest BCUT2D eigenvalue weighted by atomic mass is 19.1. The molecule has 2 aromatic heterocycles. The van der Waals surface area contributed by atoms with Crippen LogP contribution in [-0.2, 0) is 13.1 Å². The molecule has 0 atom stereocenters. The van der Waals surface area contributed by atoms with Crippen LogP contribution < -0.4 is 15.8 Å². The molecule has 0 spiro atoms. The molecule has 9 heteroatoms. The maximum Gasteiger partial charge on any atom is 0.274 e. The SMILES string of the molecule is CC(C)c1ccc(CNc2nc3nc(CN4CCN(c5ccc(F)cc5)CC4)cc(=O)n3[nH]2)cc1. The third-order valence-corrected chi connectivity index (χ3v) is 6.44. The van der Waals surface area contributed by atoms with Crippen molar-refractivity contribution in [3.63, 3.8) is 0 Å². The van der Waals surface area contributed by atoms with Gasteiger partial charge in [0.25, 0.3) is 11.3 Å². The summed E-state index contributed by atoms with van der Waals surface area (Å²) in [7, 11) is 0. The number of anilines is 2. The summed E-state index contributed by atoms with van der Waals surface area (Å²) >= 11 is 0. The maximum absolute atomic E-state index is 13.2. The van der Waals surface area contributed by atoms with E-state index < -0.39 is 0 Å². The van der Waals surface area contributed by atoms with E-state index in [0.29, 0.717) is 36.4 Å². The number of aromatic nitrogens is 4. The number of benzene rings is 2. The minimum absolute atomic E-state index is 0.184. The van der Waals surface area contributed by atoms with Crippen LogP contribution in [0.5, 0.6) is 0 Å². The Morgan fingerprint density at radius 3 is 2.40 bits per heavy atom. The van der Waals surface area contributed by atoms with Gasteiger partial charge in [-0.05, 0) is 41.3 Å². The van der Waals surface area contributed by atoms with Crippen molar-refractivity contribution in [1.29, 1.82) is 0 Å². The van der Waals surface area contributed by atoms with E-state index in [2.05, 4.69) is 68.3 Å². The Hall–Kier alpha value is -3.72. The van der Waals surface area contributed by atoms with E-state index in [1.165, 1.54) is 22.2 Å². The van der Waals surface area contributed by atoms with Gasteiger partial charge < -0.3 is 10.2 Å². The zero-order valence-corrected chi connectivity index (χ0v) is 20.0. The number of rotatable bonds is 7. The zero-order chi connectivity index (χ0) is 24.4. The number of hydrogen-bond acceptors (Lipinski definition) is 6. The van der Waals surface area contributed by atoms with Gasteiger partial charge in [0.05, 0.1) is 5.69 Å². The summed E-state index contributed by atoms with van der Waals surface area (Å²) in [6.45, 7) is 8.87. The topological polar surface area (TPSA) is 81.6 Å². The van der Waals surface area contributed by atoms with Gasteiger partial charge in [0, 0.05) is 51.0 Å². The quantitative estimate of drug-likeness (QED) is 0.425. The Morgan fingerprint density at radius 1 is 1.00 bits per heavy atom. The van der Waals surface area contributed by atoms with Crippen LogP contribution in [0.25, 0.3) is 5.78 Å². The maximum atomic E-state index is 13.2. The van der Waals surface area contributed by atoms with Crippen molar-refractivity contribution in [2.75, 3.05) is 36.4 Å². The molecule has 0 bridgehead atoms.